The van der Waals surface area contributed by atoms with Gasteiger partial charge in [0.1, 0.15) is 0 Å². The molecule has 0 saturated carbocycles. The third-order valence-corrected chi connectivity index (χ3v) is 3.06. The van der Waals surface area contributed by atoms with Gasteiger partial charge in [-0.05, 0) is 0 Å². The van der Waals surface area contributed by atoms with E-state index in [-0.39, 0.29) is 6.10 Å². The van der Waals surface area contributed by atoms with E-state index in [4.69, 9.17) is 13.6 Å². The molecule has 1 saturated heterocycles. The summed E-state index contributed by atoms with van der Waals surface area (Å²) in [6.45, 7) is 4.49. The third-order valence-electron chi connectivity index (χ3n) is 1.18. The van der Waals surface area contributed by atoms with E-state index in [9.17, 15) is 4.89 Å². The van der Waals surface area contributed by atoms with Gasteiger partial charge >= 0.3 is 59.8 Å². The van der Waals surface area contributed by atoms with Crippen LogP contribution >= 0.6 is 8.17 Å². The Kier molecular flexibility index (Phi) is 2.61. The van der Waals surface area contributed by atoms with Crippen LogP contribution < -0.4 is 0 Å². The SMILES string of the molecule is CCO[PH]1(O)OC[C@H](C)O1. The van der Waals surface area contributed by atoms with Gasteiger partial charge in [-0.3, -0.25) is 0 Å². The van der Waals surface area contributed by atoms with Crippen molar-refractivity contribution in [3.8, 4) is 0 Å². The Hall–Kier alpha value is 0.270. The van der Waals surface area contributed by atoms with Crippen LogP contribution in [0.25, 0.3) is 0 Å². The molecule has 5 heteroatoms. The second kappa shape index (κ2) is 3.11. The molecule has 0 bridgehead atoms. The molecule has 4 nitrogen and oxygen atoms in total. The zero-order chi connectivity index (χ0) is 7.61. The zero-order valence-corrected chi connectivity index (χ0v) is 7.16. The van der Waals surface area contributed by atoms with Crippen LogP contribution in [0, 0.1) is 0 Å². The molecule has 0 aromatic rings. The Morgan fingerprint density at radius 1 is 1.80 bits per heavy atom. The van der Waals surface area contributed by atoms with Crippen LogP contribution in [0.5, 0.6) is 0 Å². The van der Waals surface area contributed by atoms with Crippen molar-refractivity contribution in [3.63, 3.8) is 0 Å². The summed E-state index contributed by atoms with van der Waals surface area (Å²) in [5, 5.41) is 0. The first-order chi connectivity index (χ1) is 4.66. The molecule has 0 unspecified atom stereocenters. The van der Waals surface area contributed by atoms with E-state index in [0.717, 1.165) is 0 Å². The van der Waals surface area contributed by atoms with Gasteiger partial charge in [0.25, 0.3) is 0 Å². The van der Waals surface area contributed by atoms with Gasteiger partial charge in [-0.2, -0.15) is 0 Å². The Morgan fingerprint density at radius 2 is 2.50 bits per heavy atom. The summed E-state index contributed by atoms with van der Waals surface area (Å²) in [6, 6.07) is 0. The van der Waals surface area contributed by atoms with Crippen molar-refractivity contribution in [3.05, 3.63) is 0 Å². The van der Waals surface area contributed by atoms with Crippen molar-refractivity contribution in [1.82, 2.24) is 0 Å². The van der Waals surface area contributed by atoms with Crippen LogP contribution in [0.2, 0.25) is 0 Å². The molecule has 0 spiro atoms. The minimum atomic E-state index is -3.15. The minimum absolute atomic E-state index is 0.0387. The summed E-state index contributed by atoms with van der Waals surface area (Å²) in [4.78, 5) is 9.33. The van der Waals surface area contributed by atoms with Gasteiger partial charge in [0.2, 0.25) is 0 Å². The molecule has 1 aliphatic heterocycles. The molecule has 1 rings (SSSR count). The van der Waals surface area contributed by atoms with Crippen LogP contribution in [0.15, 0.2) is 0 Å². The average molecular weight is 168 g/mol. The fourth-order valence-corrected chi connectivity index (χ4v) is 2.41. The van der Waals surface area contributed by atoms with E-state index in [2.05, 4.69) is 0 Å². The maximum absolute atomic E-state index is 9.33. The molecule has 1 atom stereocenters. The number of rotatable bonds is 2. The van der Waals surface area contributed by atoms with E-state index < -0.39 is 8.17 Å². The normalized spacial score (nSPS) is 34.1. The van der Waals surface area contributed by atoms with Crippen molar-refractivity contribution in [2.75, 3.05) is 13.2 Å². The quantitative estimate of drug-likeness (QED) is 0.621. The second-order valence-electron chi connectivity index (χ2n) is 2.20. The zero-order valence-electron chi connectivity index (χ0n) is 6.16. The second-order valence-corrected chi connectivity index (χ2v) is 4.06. The van der Waals surface area contributed by atoms with Gasteiger partial charge in [0.05, 0.1) is 0 Å². The van der Waals surface area contributed by atoms with Gasteiger partial charge < -0.3 is 0 Å². The molecule has 1 fully saturated rings. The summed E-state index contributed by atoms with van der Waals surface area (Å²) in [5.41, 5.74) is 0. The molecule has 1 aliphatic rings. The molecule has 0 aliphatic carbocycles. The van der Waals surface area contributed by atoms with E-state index in [1.165, 1.54) is 0 Å². The van der Waals surface area contributed by atoms with E-state index in [1.54, 1.807) is 6.92 Å². The molecule has 0 aromatic carbocycles. The fraction of sp³-hybridized carbons (Fsp3) is 1.00. The Morgan fingerprint density at radius 3 is 2.90 bits per heavy atom. The van der Waals surface area contributed by atoms with Crippen LogP contribution in [-0.2, 0) is 13.6 Å². The van der Waals surface area contributed by atoms with Crippen molar-refractivity contribution >= 4 is 8.17 Å². The number of hydrogen-bond donors (Lipinski definition) is 1. The Labute approximate surface area is 60.8 Å². The van der Waals surface area contributed by atoms with Crippen molar-refractivity contribution in [1.29, 1.82) is 0 Å². The predicted molar refractivity (Wildman–Crippen MR) is 38.7 cm³/mol. The maximum atomic E-state index is 9.33. The van der Waals surface area contributed by atoms with Gasteiger partial charge in [-0.25, -0.2) is 0 Å². The molecule has 1 N–H and O–H groups in total. The average Bonchev–Trinajstić information content (AvgIpc) is 2.12. The van der Waals surface area contributed by atoms with Gasteiger partial charge in [0, 0.05) is 0 Å². The molecule has 0 aromatic heterocycles. The van der Waals surface area contributed by atoms with Crippen LogP contribution in [0.4, 0.5) is 0 Å². The van der Waals surface area contributed by atoms with E-state index in [0.29, 0.717) is 13.2 Å². The Balaban J connectivity index is 2.38. The summed E-state index contributed by atoms with van der Waals surface area (Å²) in [7, 11) is -3.15. The summed E-state index contributed by atoms with van der Waals surface area (Å²) < 4.78 is 14.9. The third kappa shape index (κ3) is 1.87. The predicted octanol–water partition coefficient (Wildman–Crippen LogP) is 0.860. The molecule has 0 amide bonds. The molecule has 10 heavy (non-hydrogen) atoms. The van der Waals surface area contributed by atoms with Crippen LogP contribution in [0.3, 0.4) is 0 Å². The van der Waals surface area contributed by atoms with Crippen molar-refractivity contribution in [2.45, 2.75) is 20.0 Å². The van der Waals surface area contributed by atoms with E-state index >= 15 is 0 Å². The topological polar surface area (TPSA) is 47.9 Å². The van der Waals surface area contributed by atoms with E-state index in [1.807, 2.05) is 6.92 Å². The molecule has 62 valence electrons. The Bertz CT molecular complexity index is 116. The first-order valence-corrected chi connectivity index (χ1v) is 5.01. The van der Waals surface area contributed by atoms with Gasteiger partial charge in [0.15, 0.2) is 0 Å². The van der Waals surface area contributed by atoms with Crippen molar-refractivity contribution < 1.29 is 18.5 Å². The standard InChI is InChI=1S/C5H13O4P/c1-3-7-10(6)8-4-5(2)9-10/h5-6,10H,3-4H2,1-2H3/t5-/m0/s1. The monoisotopic (exact) mass is 168 g/mol. The van der Waals surface area contributed by atoms with Gasteiger partial charge in [-0.1, -0.05) is 0 Å². The van der Waals surface area contributed by atoms with Crippen molar-refractivity contribution in [2.24, 2.45) is 0 Å². The summed E-state index contributed by atoms with van der Waals surface area (Å²) in [5.74, 6) is 0. The first kappa shape index (κ1) is 8.37. The summed E-state index contributed by atoms with van der Waals surface area (Å²) in [6.07, 6.45) is -0.0387. The van der Waals surface area contributed by atoms with Gasteiger partial charge in [-0.15, -0.1) is 0 Å². The fourth-order valence-electron chi connectivity index (χ4n) is 0.803. The van der Waals surface area contributed by atoms with Crippen LogP contribution in [-0.4, -0.2) is 24.2 Å². The molecule has 0 radical (unpaired) electrons. The van der Waals surface area contributed by atoms with Crippen LogP contribution in [0.1, 0.15) is 13.8 Å². The molecular formula is C5H13O4P. The molecule has 1 heterocycles. The number of hydrogen-bond acceptors (Lipinski definition) is 4. The summed E-state index contributed by atoms with van der Waals surface area (Å²) >= 11 is 0. The first-order valence-electron chi connectivity index (χ1n) is 3.34. The molecular weight excluding hydrogens is 155 g/mol.